The largest absolute Gasteiger partial charge is 0.493 e. The number of fused-ring (bicyclic) bond motifs is 1. The van der Waals surface area contributed by atoms with Crippen molar-refractivity contribution in [3.63, 3.8) is 0 Å². The maximum Gasteiger partial charge on any atom is 0.122 e. The molecule has 2 aromatic rings. The first-order valence-corrected chi connectivity index (χ1v) is 7.29. The van der Waals surface area contributed by atoms with E-state index < -0.39 is 0 Å². The molecule has 1 aliphatic rings. The fourth-order valence-corrected chi connectivity index (χ4v) is 2.61. The van der Waals surface area contributed by atoms with E-state index in [0.29, 0.717) is 5.56 Å². The SMILES string of the molecule is N#Cc1cccc(CNCCc2ccc3c(c2)CCO3)c1. The van der Waals surface area contributed by atoms with Crippen LogP contribution in [0.25, 0.3) is 0 Å². The smallest absolute Gasteiger partial charge is 0.122 e. The summed E-state index contributed by atoms with van der Waals surface area (Å²) in [4.78, 5) is 0. The number of nitriles is 1. The minimum Gasteiger partial charge on any atom is -0.493 e. The van der Waals surface area contributed by atoms with E-state index in [1.165, 1.54) is 11.1 Å². The second-order valence-electron chi connectivity index (χ2n) is 5.28. The van der Waals surface area contributed by atoms with Gasteiger partial charge in [0.05, 0.1) is 18.2 Å². The van der Waals surface area contributed by atoms with Crippen molar-refractivity contribution >= 4 is 0 Å². The van der Waals surface area contributed by atoms with Gasteiger partial charge in [-0.2, -0.15) is 5.26 Å². The summed E-state index contributed by atoms with van der Waals surface area (Å²) in [5.74, 6) is 1.04. The van der Waals surface area contributed by atoms with Crippen molar-refractivity contribution in [1.82, 2.24) is 5.32 Å². The van der Waals surface area contributed by atoms with Crippen LogP contribution in [-0.2, 0) is 19.4 Å². The van der Waals surface area contributed by atoms with Crippen molar-refractivity contribution in [1.29, 1.82) is 5.26 Å². The van der Waals surface area contributed by atoms with Crippen LogP contribution in [0.4, 0.5) is 0 Å². The first-order valence-electron chi connectivity index (χ1n) is 7.29. The third-order valence-corrected chi connectivity index (χ3v) is 3.73. The average Bonchev–Trinajstić information content (AvgIpc) is 2.99. The Hall–Kier alpha value is -2.31. The molecule has 1 aliphatic heterocycles. The first-order chi connectivity index (χ1) is 10.3. The number of rotatable bonds is 5. The van der Waals surface area contributed by atoms with E-state index in [9.17, 15) is 0 Å². The Morgan fingerprint density at radius 2 is 2.10 bits per heavy atom. The van der Waals surface area contributed by atoms with E-state index in [4.69, 9.17) is 10.00 Å². The van der Waals surface area contributed by atoms with Gasteiger partial charge in [0.15, 0.2) is 0 Å². The Bertz CT molecular complexity index is 673. The molecule has 0 atom stereocenters. The molecular formula is C18H18N2O. The molecule has 3 heteroatoms. The van der Waals surface area contributed by atoms with Gasteiger partial charge in [-0.1, -0.05) is 24.3 Å². The van der Waals surface area contributed by atoms with Crippen molar-refractivity contribution in [3.05, 3.63) is 64.7 Å². The summed E-state index contributed by atoms with van der Waals surface area (Å²) in [6, 6.07) is 16.4. The van der Waals surface area contributed by atoms with Gasteiger partial charge in [-0.3, -0.25) is 0 Å². The van der Waals surface area contributed by atoms with Crippen LogP contribution >= 0.6 is 0 Å². The monoisotopic (exact) mass is 278 g/mol. The second-order valence-corrected chi connectivity index (χ2v) is 5.28. The molecule has 0 saturated heterocycles. The lowest BCUT2D eigenvalue weighted by Crippen LogP contribution is -2.16. The Labute approximate surface area is 125 Å². The van der Waals surface area contributed by atoms with Gasteiger partial charge in [0.1, 0.15) is 5.75 Å². The molecule has 0 spiro atoms. The van der Waals surface area contributed by atoms with Gasteiger partial charge in [0.2, 0.25) is 0 Å². The zero-order valence-corrected chi connectivity index (χ0v) is 11.9. The summed E-state index contributed by atoms with van der Waals surface area (Å²) in [6.45, 7) is 2.53. The fourth-order valence-electron chi connectivity index (χ4n) is 2.61. The van der Waals surface area contributed by atoms with Gasteiger partial charge < -0.3 is 10.1 Å². The fraction of sp³-hybridized carbons (Fsp3) is 0.278. The van der Waals surface area contributed by atoms with Crippen molar-refractivity contribution in [2.75, 3.05) is 13.2 Å². The highest BCUT2D eigenvalue weighted by Gasteiger charge is 2.11. The van der Waals surface area contributed by atoms with Gasteiger partial charge in [-0.05, 0) is 47.9 Å². The van der Waals surface area contributed by atoms with E-state index in [-0.39, 0.29) is 0 Å². The molecule has 1 N–H and O–H groups in total. The molecule has 0 unspecified atom stereocenters. The molecule has 3 nitrogen and oxygen atoms in total. The van der Waals surface area contributed by atoms with E-state index >= 15 is 0 Å². The second kappa shape index (κ2) is 6.43. The minimum absolute atomic E-state index is 0.716. The number of ether oxygens (including phenoxy) is 1. The molecule has 21 heavy (non-hydrogen) atoms. The molecule has 0 bridgehead atoms. The van der Waals surface area contributed by atoms with E-state index in [2.05, 4.69) is 29.6 Å². The molecule has 0 amide bonds. The van der Waals surface area contributed by atoms with Gasteiger partial charge in [-0.15, -0.1) is 0 Å². The Morgan fingerprint density at radius 3 is 3.00 bits per heavy atom. The zero-order chi connectivity index (χ0) is 14.5. The highest BCUT2D eigenvalue weighted by atomic mass is 16.5. The molecule has 3 rings (SSSR count). The lowest BCUT2D eigenvalue weighted by atomic mass is 10.1. The Kier molecular flexibility index (Phi) is 4.18. The van der Waals surface area contributed by atoms with Crippen LogP contribution in [0, 0.1) is 11.3 Å². The number of nitrogens with one attached hydrogen (secondary N) is 1. The number of hydrogen-bond acceptors (Lipinski definition) is 3. The van der Waals surface area contributed by atoms with Crippen LogP contribution in [0.2, 0.25) is 0 Å². The van der Waals surface area contributed by atoms with Crippen molar-refractivity contribution < 1.29 is 4.74 Å². The van der Waals surface area contributed by atoms with Crippen molar-refractivity contribution in [3.8, 4) is 11.8 Å². The van der Waals surface area contributed by atoms with Crippen LogP contribution < -0.4 is 10.1 Å². The summed E-state index contributed by atoms with van der Waals surface area (Å²) in [5.41, 5.74) is 4.54. The summed E-state index contributed by atoms with van der Waals surface area (Å²) >= 11 is 0. The molecule has 2 aromatic carbocycles. The summed E-state index contributed by atoms with van der Waals surface area (Å²) in [5, 5.41) is 12.3. The summed E-state index contributed by atoms with van der Waals surface area (Å²) in [6.07, 6.45) is 2.03. The highest BCUT2D eigenvalue weighted by molar-refractivity contribution is 5.40. The lowest BCUT2D eigenvalue weighted by molar-refractivity contribution is 0.357. The normalized spacial score (nSPS) is 12.5. The number of benzene rings is 2. The van der Waals surface area contributed by atoms with Gasteiger partial charge in [0.25, 0.3) is 0 Å². The molecule has 106 valence electrons. The summed E-state index contributed by atoms with van der Waals surface area (Å²) < 4.78 is 5.52. The van der Waals surface area contributed by atoms with Crippen LogP contribution in [0.5, 0.6) is 5.75 Å². The predicted molar refractivity (Wildman–Crippen MR) is 82.2 cm³/mol. The molecule has 0 fully saturated rings. The van der Waals surface area contributed by atoms with Crippen molar-refractivity contribution in [2.24, 2.45) is 0 Å². The predicted octanol–water partition coefficient (Wildman–Crippen LogP) is 2.83. The molecule has 0 aliphatic carbocycles. The first kappa shape index (κ1) is 13.7. The van der Waals surface area contributed by atoms with Gasteiger partial charge in [0, 0.05) is 13.0 Å². The zero-order valence-electron chi connectivity index (χ0n) is 11.9. The van der Waals surface area contributed by atoms with Crippen molar-refractivity contribution in [2.45, 2.75) is 19.4 Å². The lowest BCUT2D eigenvalue weighted by Gasteiger charge is -2.07. The Balaban J connectivity index is 1.49. The molecule has 0 aromatic heterocycles. The molecule has 0 radical (unpaired) electrons. The van der Waals surface area contributed by atoms with Crippen LogP contribution in [0.15, 0.2) is 42.5 Å². The molecule has 1 heterocycles. The van der Waals surface area contributed by atoms with E-state index in [1.807, 2.05) is 24.3 Å². The highest BCUT2D eigenvalue weighted by Crippen LogP contribution is 2.25. The maximum atomic E-state index is 8.88. The topological polar surface area (TPSA) is 45.0 Å². The minimum atomic E-state index is 0.716. The maximum absolute atomic E-state index is 8.88. The third kappa shape index (κ3) is 3.42. The third-order valence-electron chi connectivity index (χ3n) is 3.73. The standard InChI is InChI=1S/C18H18N2O/c19-12-15-2-1-3-16(10-15)13-20-8-6-14-4-5-18-17(11-14)7-9-21-18/h1-5,10-11,20H,6-9,13H2. The van der Waals surface area contributed by atoms with E-state index in [0.717, 1.165) is 43.9 Å². The van der Waals surface area contributed by atoms with Crippen LogP contribution in [0.1, 0.15) is 22.3 Å². The van der Waals surface area contributed by atoms with Crippen LogP contribution in [0.3, 0.4) is 0 Å². The van der Waals surface area contributed by atoms with Crippen LogP contribution in [-0.4, -0.2) is 13.2 Å². The average molecular weight is 278 g/mol. The molecular weight excluding hydrogens is 260 g/mol. The van der Waals surface area contributed by atoms with Gasteiger partial charge in [-0.25, -0.2) is 0 Å². The number of nitrogens with zero attached hydrogens (tertiary/aromatic N) is 1. The van der Waals surface area contributed by atoms with E-state index in [1.54, 1.807) is 0 Å². The van der Waals surface area contributed by atoms with Gasteiger partial charge >= 0.3 is 0 Å². The Morgan fingerprint density at radius 1 is 1.14 bits per heavy atom. The quantitative estimate of drug-likeness (QED) is 0.855. The number of hydrogen-bond donors (Lipinski definition) is 1. The molecule has 0 saturated carbocycles. The summed E-state index contributed by atoms with van der Waals surface area (Å²) in [7, 11) is 0.